The van der Waals surface area contributed by atoms with Crippen molar-refractivity contribution in [1.29, 1.82) is 0 Å². The normalized spacial score (nSPS) is 15.5. The number of benzene rings is 1. The molecule has 0 saturated carbocycles. The first kappa shape index (κ1) is 14.2. The van der Waals surface area contributed by atoms with E-state index < -0.39 is 0 Å². The molecule has 1 aliphatic heterocycles. The number of aromatic amines is 1. The van der Waals surface area contributed by atoms with Gasteiger partial charge in [-0.1, -0.05) is 12.1 Å². The van der Waals surface area contributed by atoms with Crippen LogP contribution in [0, 0.1) is 0 Å². The number of nitrogens with one attached hydrogen (secondary N) is 3. The van der Waals surface area contributed by atoms with Crippen molar-refractivity contribution in [3.8, 4) is 0 Å². The summed E-state index contributed by atoms with van der Waals surface area (Å²) in [5, 5.41) is 5.72. The first-order chi connectivity index (χ1) is 10.6. The maximum Gasteiger partial charge on any atom is 0.321 e. The van der Waals surface area contributed by atoms with Crippen LogP contribution in [0.25, 0.3) is 0 Å². The van der Waals surface area contributed by atoms with Gasteiger partial charge in [0.25, 0.3) is 5.91 Å². The predicted molar refractivity (Wildman–Crippen MR) is 83.9 cm³/mol. The van der Waals surface area contributed by atoms with Gasteiger partial charge >= 0.3 is 6.03 Å². The van der Waals surface area contributed by atoms with Crippen LogP contribution in [0.1, 0.15) is 28.9 Å². The lowest BCUT2D eigenvalue weighted by atomic mass is 10.1. The van der Waals surface area contributed by atoms with E-state index in [2.05, 4.69) is 15.6 Å². The van der Waals surface area contributed by atoms with E-state index in [0.29, 0.717) is 18.7 Å². The number of carbonyl (C=O) groups excluding carboxylic acids is 2. The summed E-state index contributed by atoms with van der Waals surface area (Å²) in [5.41, 5.74) is 2.47. The topological polar surface area (TPSA) is 77.2 Å². The van der Waals surface area contributed by atoms with Crippen molar-refractivity contribution < 1.29 is 9.59 Å². The molecule has 1 aromatic heterocycles. The Labute approximate surface area is 128 Å². The number of hydrogen-bond acceptors (Lipinski definition) is 2. The minimum absolute atomic E-state index is 0.0680. The van der Waals surface area contributed by atoms with Gasteiger partial charge in [0.2, 0.25) is 0 Å². The third-order valence-electron chi connectivity index (χ3n) is 3.77. The van der Waals surface area contributed by atoms with Gasteiger partial charge in [-0.25, -0.2) is 4.79 Å². The number of H-pyrrole nitrogens is 1. The van der Waals surface area contributed by atoms with Crippen LogP contribution in [0.3, 0.4) is 0 Å². The highest BCUT2D eigenvalue weighted by atomic mass is 16.2. The Morgan fingerprint density at radius 1 is 1.27 bits per heavy atom. The van der Waals surface area contributed by atoms with E-state index in [-0.39, 0.29) is 18.0 Å². The highest BCUT2D eigenvalue weighted by Crippen LogP contribution is 2.20. The lowest BCUT2D eigenvalue weighted by Crippen LogP contribution is -2.28. The summed E-state index contributed by atoms with van der Waals surface area (Å²) in [6.07, 6.45) is 3.38. The van der Waals surface area contributed by atoms with Crippen LogP contribution in [-0.2, 0) is 0 Å². The summed E-state index contributed by atoms with van der Waals surface area (Å²) in [5.74, 6) is -0.114. The van der Waals surface area contributed by atoms with Gasteiger partial charge in [-0.3, -0.25) is 9.69 Å². The first-order valence-electron chi connectivity index (χ1n) is 7.24. The van der Waals surface area contributed by atoms with Crippen LogP contribution in [0.5, 0.6) is 0 Å². The molecule has 22 heavy (non-hydrogen) atoms. The Morgan fingerprint density at radius 3 is 2.64 bits per heavy atom. The van der Waals surface area contributed by atoms with Crippen LogP contribution in [0.2, 0.25) is 0 Å². The quantitative estimate of drug-likeness (QED) is 0.807. The second-order valence-corrected chi connectivity index (χ2v) is 5.27. The molecule has 2 aromatic rings. The van der Waals surface area contributed by atoms with Crippen LogP contribution >= 0.6 is 0 Å². The Balaban J connectivity index is 1.67. The number of rotatable bonds is 4. The van der Waals surface area contributed by atoms with Gasteiger partial charge in [-0.2, -0.15) is 0 Å². The molecule has 0 aliphatic carbocycles. The Bertz CT molecular complexity index is 664. The summed E-state index contributed by atoms with van der Waals surface area (Å²) in [4.78, 5) is 28.2. The molecular formula is C16H18N4O2. The molecule has 1 aromatic carbocycles. The van der Waals surface area contributed by atoms with Gasteiger partial charge in [0.15, 0.2) is 0 Å². The molecular weight excluding hydrogens is 280 g/mol. The van der Waals surface area contributed by atoms with Gasteiger partial charge < -0.3 is 15.6 Å². The molecule has 0 bridgehead atoms. The van der Waals surface area contributed by atoms with Gasteiger partial charge in [-0.15, -0.1) is 0 Å². The summed E-state index contributed by atoms with van der Waals surface area (Å²) >= 11 is 0. The fraction of sp³-hybridized carbons (Fsp3) is 0.250. The SMILES string of the molecule is CC(NC(=O)c1cc[nH]c1)c1ccc(N2CCNC2=O)cc1. The monoisotopic (exact) mass is 298 g/mol. The molecule has 1 saturated heterocycles. The Kier molecular flexibility index (Phi) is 3.82. The average Bonchev–Trinajstić information content (AvgIpc) is 3.18. The summed E-state index contributed by atoms with van der Waals surface area (Å²) in [7, 11) is 0. The van der Waals surface area contributed by atoms with E-state index in [1.54, 1.807) is 23.4 Å². The van der Waals surface area contributed by atoms with Gasteiger partial charge in [0.05, 0.1) is 11.6 Å². The van der Waals surface area contributed by atoms with E-state index in [1.165, 1.54) is 0 Å². The van der Waals surface area contributed by atoms with E-state index in [1.807, 2.05) is 31.2 Å². The molecule has 0 spiro atoms. The number of hydrogen-bond donors (Lipinski definition) is 3. The molecule has 3 rings (SSSR count). The van der Waals surface area contributed by atoms with Crippen molar-refractivity contribution in [2.24, 2.45) is 0 Å². The number of carbonyl (C=O) groups is 2. The Morgan fingerprint density at radius 2 is 2.05 bits per heavy atom. The zero-order chi connectivity index (χ0) is 15.5. The number of aromatic nitrogens is 1. The first-order valence-corrected chi connectivity index (χ1v) is 7.24. The van der Waals surface area contributed by atoms with Gasteiger partial charge in [0.1, 0.15) is 0 Å². The molecule has 1 atom stereocenters. The molecule has 3 N–H and O–H groups in total. The van der Waals surface area contributed by atoms with E-state index in [0.717, 1.165) is 11.3 Å². The average molecular weight is 298 g/mol. The van der Waals surface area contributed by atoms with Crippen molar-refractivity contribution >= 4 is 17.6 Å². The van der Waals surface area contributed by atoms with Crippen LogP contribution in [0.15, 0.2) is 42.7 Å². The number of nitrogens with zero attached hydrogens (tertiary/aromatic N) is 1. The van der Waals surface area contributed by atoms with Crippen molar-refractivity contribution in [3.63, 3.8) is 0 Å². The molecule has 2 heterocycles. The van der Waals surface area contributed by atoms with E-state index in [9.17, 15) is 9.59 Å². The van der Waals surface area contributed by atoms with Crippen LogP contribution < -0.4 is 15.5 Å². The third kappa shape index (κ3) is 2.81. The standard InChI is InChI=1S/C16H18N4O2/c1-11(19-15(21)13-6-7-17-10-13)12-2-4-14(5-3-12)20-9-8-18-16(20)22/h2-7,10-11,17H,8-9H2,1H3,(H,18,22)(H,19,21). The molecule has 114 valence electrons. The van der Waals surface area contributed by atoms with Crippen molar-refractivity contribution in [2.75, 3.05) is 18.0 Å². The lowest BCUT2D eigenvalue weighted by molar-refractivity contribution is 0.0940. The molecule has 1 fully saturated rings. The number of anilines is 1. The number of amides is 3. The Hall–Kier alpha value is -2.76. The van der Waals surface area contributed by atoms with Crippen molar-refractivity contribution in [2.45, 2.75) is 13.0 Å². The zero-order valence-electron chi connectivity index (χ0n) is 12.3. The second-order valence-electron chi connectivity index (χ2n) is 5.27. The van der Waals surface area contributed by atoms with Crippen LogP contribution in [0.4, 0.5) is 10.5 Å². The molecule has 1 unspecified atom stereocenters. The molecule has 6 heteroatoms. The van der Waals surface area contributed by atoms with Crippen molar-refractivity contribution in [1.82, 2.24) is 15.6 Å². The van der Waals surface area contributed by atoms with E-state index in [4.69, 9.17) is 0 Å². The maximum atomic E-state index is 12.0. The maximum absolute atomic E-state index is 12.0. The summed E-state index contributed by atoms with van der Waals surface area (Å²) in [6, 6.07) is 9.23. The second kappa shape index (κ2) is 5.93. The van der Waals surface area contributed by atoms with Crippen molar-refractivity contribution in [3.05, 3.63) is 53.9 Å². The van der Waals surface area contributed by atoms with Gasteiger partial charge in [0, 0.05) is 31.2 Å². The third-order valence-corrected chi connectivity index (χ3v) is 3.77. The smallest absolute Gasteiger partial charge is 0.321 e. The fourth-order valence-electron chi connectivity index (χ4n) is 2.49. The molecule has 1 aliphatic rings. The predicted octanol–water partition coefficient (Wildman–Crippen LogP) is 2.04. The molecule has 6 nitrogen and oxygen atoms in total. The lowest BCUT2D eigenvalue weighted by Gasteiger charge is -2.17. The molecule has 0 radical (unpaired) electrons. The minimum atomic E-state index is -0.114. The zero-order valence-corrected chi connectivity index (χ0v) is 12.3. The van der Waals surface area contributed by atoms with Gasteiger partial charge in [-0.05, 0) is 30.7 Å². The minimum Gasteiger partial charge on any atom is -0.367 e. The largest absolute Gasteiger partial charge is 0.367 e. The summed E-state index contributed by atoms with van der Waals surface area (Å²) < 4.78 is 0. The highest BCUT2D eigenvalue weighted by molar-refractivity contribution is 5.94. The van der Waals surface area contributed by atoms with Crippen LogP contribution in [-0.4, -0.2) is 30.0 Å². The summed E-state index contributed by atoms with van der Waals surface area (Å²) in [6.45, 7) is 3.28. The van der Waals surface area contributed by atoms with E-state index >= 15 is 0 Å². The molecule has 3 amide bonds. The fourth-order valence-corrected chi connectivity index (χ4v) is 2.49. The highest BCUT2D eigenvalue weighted by Gasteiger charge is 2.21. The number of urea groups is 1.